The Balaban J connectivity index is 1.97. The van der Waals surface area contributed by atoms with Crippen molar-refractivity contribution < 1.29 is 26.6 Å². The van der Waals surface area contributed by atoms with Crippen LogP contribution in [-0.2, 0) is 22.2 Å². The van der Waals surface area contributed by atoms with Crippen molar-refractivity contribution in [1.29, 1.82) is 4.78 Å². The number of anilines is 1. The minimum absolute atomic E-state index is 0.0150. The molecule has 1 saturated carbocycles. The van der Waals surface area contributed by atoms with Crippen molar-refractivity contribution in [3.05, 3.63) is 35.3 Å². The summed E-state index contributed by atoms with van der Waals surface area (Å²) in [6.07, 6.45) is 2.17. The second kappa shape index (κ2) is 8.37. The third-order valence-corrected chi connectivity index (χ3v) is 6.95. The highest BCUT2D eigenvalue weighted by molar-refractivity contribution is 7.91. The van der Waals surface area contributed by atoms with Gasteiger partial charge in [-0.25, -0.2) is 22.8 Å². The molecule has 2 N–H and O–H groups in total. The van der Waals surface area contributed by atoms with Crippen LogP contribution in [0.5, 0.6) is 0 Å². The van der Waals surface area contributed by atoms with Gasteiger partial charge in [-0.2, -0.15) is 13.9 Å². The number of amides is 1. The number of hydrogen-bond donors (Lipinski definition) is 2. The van der Waals surface area contributed by atoms with Crippen LogP contribution >= 0.6 is 0 Å². The molecule has 1 aliphatic rings. The predicted octanol–water partition coefficient (Wildman–Crippen LogP) is 5.20. The fourth-order valence-corrected chi connectivity index (χ4v) is 4.61. The van der Waals surface area contributed by atoms with Crippen molar-refractivity contribution in [1.82, 2.24) is 14.8 Å². The van der Waals surface area contributed by atoms with E-state index in [9.17, 15) is 26.6 Å². The van der Waals surface area contributed by atoms with Crippen LogP contribution in [-0.4, -0.2) is 37.1 Å². The van der Waals surface area contributed by atoms with Crippen LogP contribution in [0.1, 0.15) is 61.3 Å². The summed E-state index contributed by atoms with van der Waals surface area (Å²) in [7, 11) is -3.13. The Morgan fingerprint density at radius 2 is 1.91 bits per heavy atom. The molecule has 33 heavy (non-hydrogen) atoms. The predicted molar refractivity (Wildman–Crippen MR) is 115 cm³/mol. The molecule has 1 atom stereocenters. The van der Waals surface area contributed by atoms with Crippen LogP contribution in [0.3, 0.4) is 0 Å². The van der Waals surface area contributed by atoms with Crippen LogP contribution in [0.25, 0.3) is 0 Å². The lowest BCUT2D eigenvalue weighted by molar-refractivity contribution is -0.0673. The average Bonchev–Trinajstić information content (AvgIpc) is 3.00. The molecule has 12 heteroatoms. The highest BCUT2D eigenvalue weighted by Crippen LogP contribution is 2.44. The van der Waals surface area contributed by atoms with Gasteiger partial charge in [0, 0.05) is 50.0 Å². The second-order valence-corrected chi connectivity index (χ2v) is 11.3. The molecule has 1 unspecified atom stereocenters. The van der Waals surface area contributed by atoms with Gasteiger partial charge in [-0.3, -0.25) is 9.48 Å². The summed E-state index contributed by atoms with van der Waals surface area (Å²) in [6, 6.07) is 2.70. The number of hydrogen-bond acceptors (Lipinski definition) is 5. The van der Waals surface area contributed by atoms with Gasteiger partial charge in [-0.05, 0) is 37.3 Å². The maximum atomic E-state index is 14.2. The topological polar surface area (TPSA) is 101 Å². The van der Waals surface area contributed by atoms with Crippen molar-refractivity contribution in [2.45, 2.75) is 69.9 Å². The summed E-state index contributed by atoms with van der Waals surface area (Å²) in [5.41, 5.74) is -1.13. The minimum Gasteiger partial charge on any atom is -0.321 e. The number of halogens is 4. The molecule has 182 valence electrons. The van der Waals surface area contributed by atoms with E-state index in [1.54, 1.807) is 6.92 Å². The number of rotatable bonds is 6. The van der Waals surface area contributed by atoms with E-state index in [4.69, 9.17) is 4.78 Å². The number of carbonyl (C=O) groups excluding carboxylic acids is 1. The van der Waals surface area contributed by atoms with Crippen molar-refractivity contribution in [2.75, 3.05) is 11.6 Å². The number of alkyl halides is 4. The highest BCUT2D eigenvalue weighted by Gasteiger charge is 2.42. The van der Waals surface area contributed by atoms with Gasteiger partial charge < -0.3 is 5.32 Å². The van der Waals surface area contributed by atoms with Crippen LogP contribution in [0.2, 0.25) is 0 Å². The van der Waals surface area contributed by atoms with Gasteiger partial charge >= 0.3 is 0 Å². The fourth-order valence-electron chi connectivity index (χ4n) is 4.00. The SMILES string of the molecule is Cc1c(C(C)(F)F)nn(CC2(C)CCC(F)(F)CC2)c1C(=O)Nc1ccnc(S(C)(=N)=O)c1. The first kappa shape index (κ1) is 25.1. The summed E-state index contributed by atoms with van der Waals surface area (Å²) in [5.74, 6) is -6.80. The highest BCUT2D eigenvalue weighted by atomic mass is 32.2. The van der Waals surface area contributed by atoms with Gasteiger partial charge in [-0.1, -0.05) is 6.92 Å². The van der Waals surface area contributed by atoms with Gasteiger partial charge in [0.2, 0.25) is 5.92 Å². The van der Waals surface area contributed by atoms with Crippen LogP contribution in [0, 0.1) is 17.1 Å². The molecule has 2 aromatic rings. The van der Waals surface area contributed by atoms with E-state index in [0.717, 1.165) is 0 Å². The van der Waals surface area contributed by atoms with Gasteiger partial charge in [-0.15, -0.1) is 0 Å². The molecule has 0 spiro atoms. The maximum Gasteiger partial charge on any atom is 0.289 e. The van der Waals surface area contributed by atoms with Gasteiger partial charge in [0.15, 0.2) is 0 Å². The van der Waals surface area contributed by atoms with E-state index in [2.05, 4.69) is 15.4 Å². The quantitative estimate of drug-likeness (QED) is 0.545. The lowest BCUT2D eigenvalue weighted by Gasteiger charge is -2.37. The first-order valence-corrected chi connectivity index (χ1v) is 12.3. The Morgan fingerprint density at radius 3 is 2.45 bits per heavy atom. The van der Waals surface area contributed by atoms with Crippen molar-refractivity contribution in [2.24, 2.45) is 5.41 Å². The van der Waals surface area contributed by atoms with E-state index in [-0.39, 0.29) is 54.2 Å². The molecule has 0 bridgehead atoms. The normalized spacial score (nSPS) is 19.6. The molecule has 2 aromatic heterocycles. The Labute approximate surface area is 189 Å². The summed E-state index contributed by atoms with van der Waals surface area (Å²) >= 11 is 0. The van der Waals surface area contributed by atoms with E-state index >= 15 is 0 Å². The van der Waals surface area contributed by atoms with Crippen LogP contribution in [0.15, 0.2) is 23.4 Å². The van der Waals surface area contributed by atoms with E-state index in [0.29, 0.717) is 6.92 Å². The summed E-state index contributed by atoms with van der Waals surface area (Å²) in [4.78, 5) is 17.0. The molecule has 1 amide bonds. The molecule has 3 rings (SSSR count). The van der Waals surface area contributed by atoms with Crippen molar-refractivity contribution >= 4 is 21.3 Å². The average molecular weight is 490 g/mol. The van der Waals surface area contributed by atoms with Gasteiger partial charge in [0.05, 0.1) is 9.73 Å². The monoisotopic (exact) mass is 489 g/mol. The number of nitrogens with zero attached hydrogens (tertiary/aromatic N) is 3. The Kier molecular flexibility index (Phi) is 6.37. The molecule has 0 saturated heterocycles. The Morgan fingerprint density at radius 1 is 1.30 bits per heavy atom. The third kappa shape index (κ3) is 5.71. The van der Waals surface area contributed by atoms with E-state index in [1.807, 2.05) is 0 Å². The zero-order valence-electron chi connectivity index (χ0n) is 18.8. The van der Waals surface area contributed by atoms with Crippen molar-refractivity contribution in [3.8, 4) is 0 Å². The molecule has 1 fully saturated rings. The summed E-state index contributed by atoms with van der Waals surface area (Å²) in [5, 5.41) is 6.53. The number of aromatic nitrogens is 3. The fraction of sp³-hybridized carbons (Fsp3) is 0.571. The van der Waals surface area contributed by atoms with Crippen LogP contribution < -0.4 is 5.32 Å². The molecule has 2 heterocycles. The first-order chi connectivity index (χ1) is 15.0. The Hall–Kier alpha value is -2.50. The molecular weight excluding hydrogens is 462 g/mol. The maximum absolute atomic E-state index is 14.2. The lowest BCUT2D eigenvalue weighted by atomic mass is 9.74. The molecule has 0 aromatic carbocycles. The third-order valence-electron chi connectivity index (χ3n) is 5.93. The Bertz CT molecular complexity index is 1160. The number of carbonyl (C=O) groups is 1. The molecular formula is C21H27F4N5O2S. The lowest BCUT2D eigenvalue weighted by Crippen LogP contribution is -2.35. The van der Waals surface area contributed by atoms with Crippen LogP contribution in [0.4, 0.5) is 23.2 Å². The number of nitrogens with one attached hydrogen (secondary N) is 2. The van der Waals surface area contributed by atoms with E-state index < -0.39 is 38.6 Å². The summed E-state index contributed by atoms with van der Waals surface area (Å²) < 4.78 is 76.5. The molecule has 7 nitrogen and oxygen atoms in total. The molecule has 0 radical (unpaired) electrons. The first-order valence-electron chi connectivity index (χ1n) is 10.4. The van der Waals surface area contributed by atoms with E-state index in [1.165, 1.54) is 36.2 Å². The largest absolute Gasteiger partial charge is 0.321 e. The number of pyridine rings is 1. The van der Waals surface area contributed by atoms with Gasteiger partial charge in [0.25, 0.3) is 11.8 Å². The van der Waals surface area contributed by atoms with Crippen molar-refractivity contribution in [3.63, 3.8) is 0 Å². The molecule has 0 aliphatic heterocycles. The zero-order valence-corrected chi connectivity index (χ0v) is 19.7. The minimum atomic E-state index is -3.31. The second-order valence-electron chi connectivity index (χ2n) is 9.22. The standard InChI is InChI=1S/C21H27F4N5O2S/c1-13-16(18(31)28-14-5-10-27-15(11-14)33(4,26)32)30(29-17(13)20(3,22)23)12-19(2)6-8-21(24,25)9-7-19/h5,10-11,26H,6-9,12H2,1-4H3,(H,27,28,31). The zero-order chi connectivity index (χ0) is 24.8. The molecule has 1 aliphatic carbocycles. The smallest absolute Gasteiger partial charge is 0.289 e. The van der Waals surface area contributed by atoms with Gasteiger partial charge in [0.1, 0.15) is 16.4 Å². The summed E-state index contributed by atoms with van der Waals surface area (Å²) in [6.45, 7) is 3.85.